The van der Waals surface area contributed by atoms with Crippen LogP contribution in [0.25, 0.3) is 0 Å². The maximum absolute atomic E-state index is 4.13. The van der Waals surface area contributed by atoms with E-state index >= 15 is 0 Å². The lowest BCUT2D eigenvalue weighted by molar-refractivity contribution is 0.767. The van der Waals surface area contributed by atoms with Crippen molar-refractivity contribution in [3.8, 4) is 0 Å². The van der Waals surface area contributed by atoms with E-state index in [1.807, 2.05) is 19.4 Å². The molecule has 0 amide bonds. The van der Waals surface area contributed by atoms with Gasteiger partial charge in [-0.1, -0.05) is 6.07 Å². The van der Waals surface area contributed by atoms with E-state index in [4.69, 9.17) is 0 Å². The predicted octanol–water partition coefficient (Wildman–Crippen LogP) is 3.10. The summed E-state index contributed by atoms with van der Waals surface area (Å²) in [5, 5.41) is 7.50. The number of anilines is 1. The molecule has 4 heteroatoms. The first-order valence-electron chi connectivity index (χ1n) is 5.13. The third-order valence-corrected chi connectivity index (χ3v) is 3.02. The fraction of sp³-hybridized carbons (Fsp3) is 0.250. The van der Waals surface area contributed by atoms with Crippen LogP contribution in [0.5, 0.6) is 0 Å². The average Bonchev–Trinajstić information content (AvgIpc) is 2.63. The summed E-state index contributed by atoms with van der Waals surface area (Å²) in [6.45, 7) is 2.87. The standard InChI is InChI=1S/C12H14BrN3/c1-9-3-4-12(11(13)5-9)14-6-10-7-15-16(2)8-10/h3-5,7-8,14H,6H2,1-2H3. The van der Waals surface area contributed by atoms with Crippen LogP contribution in [-0.4, -0.2) is 9.78 Å². The summed E-state index contributed by atoms with van der Waals surface area (Å²) in [5.41, 5.74) is 3.53. The molecule has 84 valence electrons. The minimum absolute atomic E-state index is 0.787. The normalized spacial score (nSPS) is 10.4. The van der Waals surface area contributed by atoms with Crippen molar-refractivity contribution in [3.05, 3.63) is 46.2 Å². The molecule has 1 N–H and O–H groups in total. The van der Waals surface area contributed by atoms with Crippen molar-refractivity contribution < 1.29 is 0 Å². The summed E-state index contributed by atoms with van der Waals surface area (Å²) in [6.07, 6.45) is 3.88. The second-order valence-corrected chi connectivity index (χ2v) is 4.71. The van der Waals surface area contributed by atoms with Crippen LogP contribution in [0.15, 0.2) is 35.1 Å². The molecule has 0 aliphatic heterocycles. The van der Waals surface area contributed by atoms with Gasteiger partial charge in [0.15, 0.2) is 0 Å². The summed E-state index contributed by atoms with van der Waals surface area (Å²) < 4.78 is 2.90. The molecule has 16 heavy (non-hydrogen) atoms. The van der Waals surface area contributed by atoms with E-state index in [-0.39, 0.29) is 0 Å². The molecule has 0 bridgehead atoms. The van der Waals surface area contributed by atoms with Gasteiger partial charge in [0.05, 0.1) is 6.20 Å². The summed E-state index contributed by atoms with van der Waals surface area (Å²) >= 11 is 3.54. The highest BCUT2D eigenvalue weighted by atomic mass is 79.9. The number of halogens is 1. The zero-order valence-corrected chi connectivity index (χ0v) is 11.0. The zero-order chi connectivity index (χ0) is 11.5. The van der Waals surface area contributed by atoms with Crippen molar-refractivity contribution in [2.45, 2.75) is 13.5 Å². The van der Waals surface area contributed by atoms with Gasteiger partial charge >= 0.3 is 0 Å². The van der Waals surface area contributed by atoms with Crippen LogP contribution < -0.4 is 5.32 Å². The van der Waals surface area contributed by atoms with Crippen molar-refractivity contribution in [2.24, 2.45) is 7.05 Å². The fourth-order valence-corrected chi connectivity index (χ4v) is 2.16. The summed E-state index contributed by atoms with van der Waals surface area (Å²) in [6, 6.07) is 6.28. The monoisotopic (exact) mass is 279 g/mol. The molecule has 0 unspecified atom stereocenters. The van der Waals surface area contributed by atoms with Gasteiger partial charge in [0.1, 0.15) is 0 Å². The van der Waals surface area contributed by atoms with E-state index in [2.05, 4.69) is 51.5 Å². The number of rotatable bonds is 3. The first-order valence-corrected chi connectivity index (χ1v) is 5.92. The van der Waals surface area contributed by atoms with Gasteiger partial charge in [-0.15, -0.1) is 0 Å². The van der Waals surface area contributed by atoms with Crippen molar-refractivity contribution >= 4 is 21.6 Å². The number of nitrogens with one attached hydrogen (secondary N) is 1. The van der Waals surface area contributed by atoms with Gasteiger partial charge in [-0.05, 0) is 40.5 Å². The molecular formula is C12H14BrN3. The Kier molecular flexibility index (Phi) is 3.29. The van der Waals surface area contributed by atoms with Gasteiger partial charge in [0, 0.05) is 35.5 Å². The van der Waals surface area contributed by atoms with Crippen LogP contribution in [0.3, 0.4) is 0 Å². The van der Waals surface area contributed by atoms with Crippen LogP contribution in [0, 0.1) is 6.92 Å². The Bertz CT molecular complexity index is 491. The van der Waals surface area contributed by atoms with Gasteiger partial charge in [-0.2, -0.15) is 5.10 Å². The molecule has 1 heterocycles. The molecule has 1 aromatic carbocycles. The van der Waals surface area contributed by atoms with Gasteiger partial charge in [-0.25, -0.2) is 0 Å². The van der Waals surface area contributed by atoms with E-state index < -0.39 is 0 Å². The maximum atomic E-state index is 4.13. The third-order valence-electron chi connectivity index (χ3n) is 2.37. The SMILES string of the molecule is Cc1ccc(NCc2cnn(C)c2)c(Br)c1. The van der Waals surface area contributed by atoms with Crippen molar-refractivity contribution in [1.29, 1.82) is 0 Å². The largest absolute Gasteiger partial charge is 0.380 e. The highest BCUT2D eigenvalue weighted by Crippen LogP contribution is 2.23. The minimum Gasteiger partial charge on any atom is -0.380 e. The number of aromatic nitrogens is 2. The van der Waals surface area contributed by atoms with Gasteiger partial charge < -0.3 is 5.32 Å². The Labute approximate surface area is 104 Å². The Morgan fingerprint density at radius 3 is 2.88 bits per heavy atom. The second-order valence-electron chi connectivity index (χ2n) is 3.86. The van der Waals surface area contributed by atoms with Crippen molar-refractivity contribution in [3.63, 3.8) is 0 Å². The lowest BCUT2D eigenvalue weighted by Crippen LogP contribution is -1.99. The molecule has 0 aliphatic rings. The lowest BCUT2D eigenvalue weighted by atomic mass is 10.2. The smallest absolute Gasteiger partial charge is 0.0539 e. The van der Waals surface area contributed by atoms with E-state index in [1.54, 1.807) is 4.68 Å². The molecule has 0 saturated carbocycles. The molecule has 0 spiro atoms. The molecule has 2 aromatic rings. The highest BCUT2D eigenvalue weighted by Gasteiger charge is 2.00. The zero-order valence-electron chi connectivity index (χ0n) is 9.37. The number of hydrogen-bond donors (Lipinski definition) is 1. The maximum Gasteiger partial charge on any atom is 0.0539 e. The number of benzene rings is 1. The van der Waals surface area contributed by atoms with Gasteiger partial charge in [0.25, 0.3) is 0 Å². The van der Waals surface area contributed by atoms with Crippen molar-refractivity contribution in [2.75, 3.05) is 5.32 Å². The van der Waals surface area contributed by atoms with E-state index in [0.29, 0.717) is 0 Å². The first-order chi connectivity index (χ1) is 7.65. The second kappa shape index (κ2) is 4.70. The van der Waals surface area contributed by atoms with E-state index in [0.717, 1.165) is 16.7 Å². The molecule has 3 nitrogen and oxygen atoms in total. The number of hydrogen-bond acceptors (Lipinski definition) is 2. The summed E-state index contributed by atoms with van der Waals surface area (Å²) in [5.74, 6) is 0. The highest BCUT2D eigenvalue weighted by molar-refractivity contribution is 9.10. The topological polar surface area (TPSA) is 29.9 Å². The summed E-state index contributed by atoms with van der Waals surface area (Å²) in [7, 11) is 1.92. The van der Waals surface area contributed by atoms with Crippen LogP contribution in [0.4, 0.5) is 5.69 Å². The molecule has 0 aliphatic carbocycles. The van der Waals surface area contributed by atoms with Crippen LogP contribution >= 0.6 is 15.9 Å². The Balaban J connectivity index is 2.04. The molecule has 0 fully saturated rings. The van der Waals surface area contributed by atoms with Crippen LogP contribution in [-0.2, 0) is 13.6 Å². The molecule has 0 radical (unpaired) electrons. The quantitative estimate of drug-likeness (QED) is 0.936. The Hall–Kier alpha value is -1.29. The molecule has 0 atom stereocenters. The lowest BCUT2D eigenvalue weighted by Gasteiger charge is -2.07. The van der Waals surface area contributed by atoms with Crippen molar-refractivity contribution in [1.82, 2.24) is 9.78 Å². The van der Waals surface area contributed by atoms with Crippen LogP contribution in [0.2, 0.25) is 0 Å². The Morgan fingerprint density at radius 1 is 1.44 bits per heavy atom. The average molecular weight is 280 g/mol. The summed E-state index contributed by atoms with van der Waals surface area (Å²) in [4.78, 5) is 0. The van der Waals surface area contributed by atoms with E-state index in [9.17, 15) is 0 Å². The predicted molar refractivity (Wildman–Crippen MR) is 69.4 cm³/mol. The van der Waals surface area contributed by atoms with Gasteiger partial charge in [-0.3, -0.25) is 4.68 Å². The van der Waals surface area contributed by atoms with Crippen LogP contribution in [0.1, 0.15) is 11.1 Å². The Morgan fingerprint density at radius 2 is 2.25 bits per heavy atom. The number of nitrogens with zero attached hydrogens (tertiary/aromatic N) is 2. The minimum atomic E-state index is 0.787. The van der Waals surface area contributed by atoms with E-state index in [1.165, 1.54) is 11.1 Å². The first kappa shape index (κ1) is 11.2. The molecular weight excluding hydrogens is 266 g/mol. The number of aryl methyl sites for hydroxylation is 2. The molecule has 0 saturated heterocycles. The molecule has 1 aromatic heterocycles. The van der Waals surface area contributed by atoms with Gasteiger partial charge in [0.2, 0.25) is 0 Å². The third kappa shape index (κ3) is 2.64. The molecule has 2 rings (SSSR count). The fourth-order valence-electron chi connectivity index (χ4n) is 1.52.